The Morgan fingerprint density at radius 2 is 1.28 bits per heavy atom. The Hall–Kier alpha value is -2.00. The summed E-state index contributed by atoms with van der Waals surface area (Å²) in [4.78, 5) is 0. The Balaban J connectivity index is 0.000000180. The Kier molecular flexibility index (Phi) is 5.74. The van der Waals surface area contributed by atoms with Crippen molar-refractivity contribution in [1.82, 2.24) is 0 Å². The molecule has 0 aliphatic rings. The molecule has 0 heteroatoms. The van der Waals surface area contributed by atoms with Crippen LogP contribution in [0, 0.1) is 26.2 Å². The largest absolute Gasteiger partial charge is 0.115 e. The lowest BCUT2D eigenvalue weighted by Gasteiger charge is -1.94. The molecule has 2 rings (SSSR count). The minimum Gasteiger partial charge on any atom is -0.115 e. The predicted molar refractivity (Wildman–Crippen MR) is 79.7 cm³/mol. The molecule has 0 heterocycles. The van der Waals surface area contributed by atoms with E-state index in [0.29, 0.717) is 0 Å². The fourth-order valence-corrected chi connectivity index (χ4v) is 1.47. The van der Waals surface area contributed by atoms with E-state index in [-0.39, 0.29) is 0 Å². The Bertz CT molecular complexity index is 495. The number of benzene rings is 2. The summed E-state index contributed by atoms with van der Waals surface area (Å²) in [6.45, 7) is 6.32. The van der Waals surface area contributed by atoms with Gasteiger partial charge in [-0.05, 0) is 38.0 Å². The van der Waals surface area contributed by atoms with E-state index in [9.17, 15) is 0 Å². The van der Waals surface area contributed by atoms with Crippen LogP contribution in [0.4, 0.5) is 0 Å². The van der Waals surface area contributed by atoms with Gasteiger partial charge in [0.2, 0.25) is 0 Å². The molecule has 0 amide bonds. The third-order valence-electron chi connectivity index (χ3n) is 2.75. The highest BCUT2D eigenvalue weighted by Crippen LogP contribution is 2.02. The fraction of sp³-hybridized carbons (Fsp3) is 0.222. The SMILES string of the molecule is C#Cc1ccc(C)cc1.CCc1ccc(C)cc1. The number of terminal acetylenes is 1. The van der Waals surface area contributed by atoms with Crippen molar-refractivity contribution in [3.8, 4) is 12.3 Å². The van der Waals surface area contributed by atoms with Gasteiger partial charge in [-0.1, -0.05) is 60.4 Å². The van der Waals surface area contributed by atoms with Gasteiger partial charge in [0.15, 0.2) is 0 Å². The van der Waals surface area contributed by atoms with Crippen molar-refractivity contribution >= 4 is 0 Å². The summed E-state index contributed by atoms with van der Waals surface area (Å²) in [5.74, 6) is 2.55. The molecule has 2 aromatic rings. The summed E-state index contributed by atoms with van der Waals surface area (Å²) in [5, 5.41) is 0. The maximum atomic E-state index is 5.15. The first-order valence-electron chi connectivity index (χ1n) is 6.24. The maximum Gasteiger partial charge on any atom is 0.0242 e. The molecule has 92 valence electrons. The highest BCUT2D eigenvalue weighted by Gasteiger charge is 1.85. The second-order valence-corrected chi connectivity index (χ2v) is 4.35. The van der Waals surface area contributed by atoms with Gasteiger partial charge in [-0.2, -0.15) is 0 Å². The van der Waals surface area contributed by atoms with Gasteiger partial charge >= 0.3 is 0 Å². The summed E-state index contributed by atoms with van der Waals surface area (Å²) >= 11 is 0. The fourth-order valence-electron chi connectivity index (χ4n) is 1.47. The Morgan fingerprint density at radius 3 is 1.67 bits per heavy atom. The lowest BCUT2D eigenvalue weighted by Crippen LogP contribution is -1.77. The average Bonchev–Trinajstić information content (AvgIpc) is 2.41. The van der Waals surface area contributed by atoms with Gasteiger partial charge < -0.3 is 0 Å². The topological polar surface area (TPSA) is 0 Å². The maximum absolute atomic E-state index is 5.15. The van der Waals surface area contributed by atoms with E-state index in [4.69, 9.17) is 6.42 Å². The van der Waals surface area contributed by atoms with Crippen molar-refractivity contribution in [3.05, 3.63) is 70.8 Å². The second-order valence-electron chi connectivity index (χ2n) is 4.35. The van der Waals surface area contributed by atoms with Crippen molar-refractivity contribution in [2.45, 2.75) is 27.2 Å². The molecule has 0 aliphatic heterocycles. The smallest absolute Gasteiger partial charge is 0.0242 e. The Morgan fingerprint density at radius 1 is 0.833 bits per heavy atom. The molecule has 0 spiro atoms. The molecule has 0 aliphatic carbocycles. The van der Waals surface area contributed by atoms with Crippen LogP contribution in [0.25, 0.3) is 0 Å². The zero-order chi connectivity index (χ0) is 13.4. The van der Waals surface area contributed by atoms with Crippen molar-refractivity contribution in [2.75, 3.05) is 0 Å². The molecule has 0 nitrogen and oxygen atoms in total. The summed E-state index contributed by atoms with van der Waals surface area (Å²) in [6, 6.07) is 16.6. The van der Waals surface area contributed by atoms with Crippen LogP contribution >= 0.6 is 0 Å². The molecule has 0 fully saturated rings. The van der Waals surface area contributed by atoms with Gasteiger partial charge in [0, 0.05) is 5.56 Å². The minimum atomic E-state index is 0.945. The van der Waals surface area contributed by atoms with Crippen molar-refractivity contribution in [1.29, 1.82) is 0 Å². The lowest BCUT2D eigenvalue weighted by molar-refractivity contribution is 1.14. The summed E-state index contributed by atoms with van der Waals surface area (Å²) in [6.07, 6.45) is 6.29. The standard InChI is InChI=1S/C9H12.C9H8/c2*1-3-9-6-4-8(2)5-7-9/h4-7H,3H2,1-2H3;1,4-7H,2H3. The van der Waals surface area contributed by atoms with E-state index in [1.165, 1.54) is 16.7 Å². The molecule has 0 atom stereocenters. The highest BCUT2D eigenvalue weighted by atomic mass is 13.9. The van der Waals surface area contributed by atoms with Gasteiger partial charge in [0.1, 0.15) is 0 Å². The first-order valence-corrected chi connectivity index (χ1v) is 6.24. The van der Waals surface area contributed by atoms with Gasteiger partial charge in [-0.25, -0.2) is 0 Å². The van der Waals surface area contributed by atoms with Crippen LogP contribution in [0.15, 0.2) is 48.5 Å². The predicted octanol–water partition coefficient (Wildman–Crippen LogP) is 4.53. The number of hydrogen-bond donors (Lipinski definition) is 0. The van der Waals surface area contributed by atoms with E-state index in [0.717, 1.165) is 12.0 Å². The Labute approximate surface area is 111 Å². The molecular weight excluding hydrogens is 216 g/mol. The van der Waals surface area contributed by atoms with Crippen LogP contribution in [0.3, 0.4) is 0 Å². The van der Waals surface area contributed by atoms with E-state index >= 15 is 0 Å². The first-order chi connectivity index (χ1) is 8.65. The zero-order valence-electron chi connectivity index (χ0n) is 11.4. The van der Waals surface area contributed by atoms with Crippen LogP contribution in [-0.4, -0.2) is 0 Å². The molecular formula is C18H20. The summed E-state index contributed by atoms with van der Waals surface area (Å²) in [5.41, 5.74) is 4.95. The van der Waals surface area contributed by atoms with E-state index in [2.05, 4.69) is 44.0 Å². The minimum absolute atomic E-state index is 0.945. The molecule has 18 heavy (non-hydrogen) atoms. The van der Waals surface area contributed by atoms with Gasteiger partial charge in [0.05, 0.1) is 0 Å². The number of rotatable bonds is 1. The average molecular weight is 236 g/mol. The highest BCUT2D eigenvalue weighted by molar-refractivity contribution is 5.33. The van der Waals surface area contributed by atoms with Crippen molar-refractivity contribution in [3.63, 3.8) is 0 Å². The molecule has 2 aromatic carbocycles. The van der Waals surface area contributed by atoms with Gasteiger partial charge in [-0.3, -0.25) is 0 Å². The molecule has 0 bridgehead atoms. The third kappa shape index (κ3) is 4.89. The first kappa shape index (κ1) is 14.1. The van der Waals surface area contributed by atoms with Crippen LogP contribution in [0.2, 0.25) is 0 Å². The molecule has 0 saturated heterocycles. The van der Waals surface area contributed by atoms with E-state index in [1.54, 1.807) is 0 Å². The van der Waals surface area contributed by atoms with Gasteiger partial charge in [-0.15, -0.1) is 6.42 Å². The van der Waals surface area contributed by atoms with Crippen LogP contribution in [0.1, 0.15) is 29.2 Å². The summed E-state index contributed by atoms with van der Waals surface area (Å²) in [7, 11) is 0. The molecule has 0 unspecified atom stereocenters. The number of hydrogen-bond acceptors (Lipinski definition) is 0. The van der Waals surface area contributed by atoms with E-state index in [1.807, 2.05) is 31.2 Å². The molecule has 0 aromatic heterocycles. The van der Waals surface area contributed by atoms with Crippen LogP contribution in [-0.2, 0) is 6.42 Å². The zero-order valence-corrected chi connectivity index (χ0v) is 11.4. The quantitative estimate of drug-likeness (QED) is 0.638. The molecule has 0 radical (unpaired) electrons. The monoisotopic (exact) mass is 236 g/mol. The molecule has 0 N–H and O–H groups in total. The third-order valence-corrected chi connectivity index (χ3v) is 2.75. The van der Waals surface area contributed by atoms with Gasteiger partial charge in [0.25, 0.3) is 0 Å². The van der Waals surface area contributed by atoms with Crippen molar-refractivity contribution in [2.24, 2.45) is 0 Å². The number of aryl methyl sites for hydroxylation is 3. The molecule has 0 saturated carbocycles. The van der Waals surface area contributed by atoms with Crippen LogP contribution in [0.5, 0.6) is 0 Å². The van der Waals surface area contributed by atoms with Crippen molar-refractivity contribution < 1.29 is 0 Å². The second kappa shape index (κ2) is 7.35. The lowest BCUT2D eigenvalue weighted by atomic mass is 10.1. The van der Waals surface area contributed by atoms with E-state index < -0.39 is 0 Å². The van der Waals surface area contributed by atoms with Crippen LogP contribution < -0.4 is 0 Å². The summed E-state index contributed by atoms with van der Waals surface area (Å²) < 4.78 is 0. The normalized spacial score (nSPS) is 9.00.